The van der Waals surface area contributed by atoms with E-state index in [0.29, 0.717) is 13.1 Å². The van der Waals surface area contributed by atoms with Crippen molar-refractivity contribution in [1.29, 1.82) is 0 Å². The predicted molar refractivity (Wildman–Crippen MR) is 96.5 cm³/mol. The van der Waals surface area contributed by atoms with Gasteiger partial charge in [-0.1, -0.05) is 24.3 Å². The molecule has 1 N–H and O–H groups in total. The van der Waals surface area contributed by atoms with Gasteiger partial charge in [0.15, 0.2) is 0 Å². The molecule has 2 amide bonds. The normalized spacial score (nSPS) is 16.8. The van der Waals surface area contributed by atoms with Gasteiger partial charge < -0.3 is 15.0 Å². The minimum atomic E-state index is -0.314. The highest BCUT2D eigenvalue weighted by Gasteiger charge is 2.34. The molecule has 2 aromatic carbocycles. The van der Waals surface area contributed by atoms with Gasteiger partial charge in [-0.05, 0) is 42.3 Å². The molecule has 1 aliphatic rings. The van der Waals surface area contributed by atoms with E-state index in [1.807, 2.05) is 55.5 Å². The van der Waals surface area contributed by atoms with Crippen molar-refractivity contribution in [2.24, 2.45) is 5.92 Å². The number of carbonyl (C=O) groups excluding carboxylic acids is 2. The van der Waals surface area contributed by atoms with E-state index in [0.717, 1.165) is 22.6 Å². The summed E-state index contributed by atoms with van der Waals surface area (Å²) in [6.07, 6.45) is 0.252. The molecule has 5 heteroatoms. The number of anilines is 1. The van der Waals surface area contributed by atoms with Crippen LogP contribution in [0.2, 0.25) is 0 Å². The summed E-state index contributed by atoms with van der Waals surface area (Å²) < 4.78 is 5.12. The van der Waals surface area contributed by atoms with E-state index in [1.165, 1.54) is 0 Å². The largest absolute Gasteiger partial charge is 0.497 e. The summed E-state index contributed by atoms with van der Waals surface area (Å²) in [4.78, 5) is 26.4. The quantitative estimate of drug-likeness (QED) is 0.912. The lowest BCUT2D eigenvalue weighted by Crippen LogP contribution is -2.32. The third kappa shape index (κ3) is 3.99. The van der Waals surface area contributed by atoms with E-state index in [2.05, 4.69) is 5.32 Å². The molecule has 0 aromatic heterocycles. The lowest BCUT2D eigenvalue weighted by atomic mass is 10.1. The fourth-order valence-electron chi connectivity index (χ4n) is 3.01. The molecule has 2 aromatic rings. The second kappa shape index (κ2) is 7.38. The summed E-state index contributed by atoms with van der Waals surface area (Å²) in [7, 11) is 1.62. The fourth-order valence-corrected chi connectivity index (χ4v) is 3.01. The van der Waals surface area contributed by atoms with Crippen LogP contribution in [0.3, 0.4) is 0 Å². The van der Waals surface area contributed by atoms with Crippen LogP contribution in [0.5, 0.6) is 5.75 Å². The summed E-state index contributed by atoms with van der Waals surface area (Å²) in [6.45, 7) is 2.86. The number of benzene rings is 2. The van der Waals surface area contributed by atoms with Crippen LogP contribution in [-0.2, 0) is 16.1 Å². The average molecular weight is 338 g/mol. The number of hydrogen-bond donors (Lipinski definition) is 1. The fraction of sp³-hybridized carbons (Fsp3) is 0.300. The number of methoxy groups -OCH3 is 1. The van der Waals surface area contributed by atoms with E-state index in [1.54, 1.807) is 12.0 Å². The van der Waals surface area contributed by atoms with Crippen LogP contribution in [0.1, 0.15) is 17.5 Å². The number of hydrogen-bond acceptors (Lipinski definition) is 3. The zero-order valence-corrected chi connectivity index (χ0v) is 14.5. The Labute approximate surface area is 147 Å². The molecule has 0 radical (unpaired) electrons. The molecule has 5 nitrogen and oxygen atoms in total. The van der Waals surface area contributed by atoms with Crippen LogP contribution in [0, 0.1) is 12.8 Å². The highest BCUT2D eigenvalue weighted by atomic mass is 16.5. The highest BCUT2D eigenvalue weighted by Crippen LogP contribution is 2.26. The molecule has 130 valence electrons. The average Bonchev–Trinajstić information content (AvgIpc) is 3.02. The van der Waals surface area contributed by atoms with Crippen molar-refractivity contribution in [3.8, 4) is 5.75 Å². The standard InChI is InChI=1S/C20H22N2O3/c1-14-4-3-5-17(10-14)22-13-16(11-19(22)23)20(24)21-12-15-6-8-18(25-2)9-7-15/h3-10,16H,11-13H2,1-2H3,(H,21,24). The van der Waals surface area contributed by atoms with Gasteiger partial charge in [-0.25, -0.2) is 0 Å². The Morgan fingerprint density at radius 2 is 2.00 bits per heavy atom. The number of ether oxygens (including phenoxy) is 1. The number of aryl methyl sites for hydroxylation is 1. The Balaban J connectivity index is 1.58. The molecule has 0 saturated carbocycles. The smallest absolute Gasteiger partial charge is 0.227 e. The SMILES string of the molecule is COc1ccc(CNC(=O)C2CC(=O)N(c3cccc(C)c3)C2)cc1. The Bertz CT molecular complexity index is 771. The number of amides is 2. The van der Waals surface area contributed by atoms with Crippen molar-refractivity contribution in [3.63, 3.8) is 0 Å². The summed E-state index contributed by atoms with van der Waals surface area (Å²) in [5.74, 6) is 0.381. The molecule has 3 rings (SSSR count). The van der Waals surface area contributed by atoms with Gasteiger partial charge >= 0.3 is 0 Å². The van der Waals surface area contributed by atoms with Gasteiger partial charge in [0.05, 0.1) is 13.0 Å². The van der Waals surface area contributed by atoms with Gasteiger partial charge in [-0.2, -0.15) is 0 Å². The predicted octanol–water partition coefficient (Wildman–Crippen LogP) is 2.67. The Morgan fingerprint density at radius 3 is 2.68 bits per heavy atom. The first-order chi connectivity index (χ1) is 12.1. The van der Waals surface area contributed by atoms with Crippen molar-refractivity contribution in [2.45, 2.75) is 19.9 Å². The van der Waals surface area contributed by atoms with E-state index in [9.17, 15) is 9.59 Å². The maximum atomic E-state index is 12.4. The van der Waals surface area contributed by atoms with Crippen molar-refractivity contribution in [1.82, 2.24) is 5.32 Å². The molecule has 25 heavy (non-hydrogen) atoms. The first kappa shape index (κ1) is 17.0. The molecule has 1 saturated heterocycles. The molecule has 1 heterocycles. The third-order valence-corrected chi connectivity index (χ3v) is 4.43. The van der Waals surface area contributed by atoms with E-state index in [-0.39, 0.29) is 24.2 Å². The van der Waals surface area contributed by atoms with Crippen LogP contribution >= 0.6 is 0 Å². The van der Waals surface area contributed by atoms with Crippen molar-refractivity contribution >= 4 is 17.5 Å². The molecular formula is C20H22N2O3. The van der Waals surface area contributed by atoms with Crippen LogP contribution < -0.4 is 15.0 Å². The van der Waals surface area contributed by atoms with Gasteiger partial charge in [-0.15, -0.1) is 0 Å². The monoisotopic (exact) mass is 338 g/mol. The van der Waals surface area contributed by atoms with Crippen molar-refractivity contribution in [2.75, 3.05) is 18.6 Å². The Kier molecular flexibility index (Phi) is 5.03. The minimum Gasteiger partial charge on any atom is -0.497 e. The second-order valence-electron chi connectivity index (χ2n) is 6.31. The Hall–Kier alpha value is -2.82. The maximum absolute atomic E-state index is 12.4. The first-order valence-electron chi connectivity index (χ1n) is 8.34. The van der Waals surface area contributed by atoms with Gasteiger partial charge in [0.25, 0.3) is 0 Å². The zero-order valence-electron chi connectivity index (χ0n) is 14.5. The third-order valence-electron chi connectivity index (χ3n) is 4.43. The van der Waals surface area contributed by atoms with Crippen LogP contribution in [0.25, 0.3) is 0 Å². The lowest BCUT2D eigenvalue weighted by molar-refractivity contribution is -0.126. The second-order valence-corrected chi connectivity index (χ2v) is 6.31. The lowest BCUT2D eigenvalue weighted by Gasteiger charge is -2.17. The molecule has 1 unspecified atom stereocenters. The minimum absolute atomic E-state index is 0.00445. The first-order valence-corrected chi connectivity index (χ1v) is 8.34. The van der Waals surface area contributed by atoms with Gasteiger partial charge in [0.2, 0.25) is 11.8 Å². The summed E-state index contributed by atoms with van der Waals surface area (Å²) >= 11 is 0. The number of nitrogens with one attached hydrogen (secondary N) is 1. The number of nitrogens with zero attached hydrogens (tertiary/aromatic N) is 1. The van der Waals surface area contributed by atoms with E-state index >= 15 is 0 Å². The maximum Gasteiger partial charge on any atom is 0.227 e. The van der Waals surface area contributed by atoms with Crippen LogP contribution in [-0.4, -0.2) is 25.5 Å². The highest BCUT2D eigenvalue weighted by molar-refractivity contribution is 6.00. The Morgan fingerprint density at radius 1 is 1.24 bits per heavy atom. The van der Waals surface area contributed by atoms with E-state index < -0.39 is 0 Å². The number of carbonyl (C=O) groups is 2. The number of rotatable bonds is 5. The van der Waals surface area contributed by atoms with E-state index in [4.69, 9.17) is 4.74 Å². The zero-order chi connectivity index (χ0) is 17.8. The molecule has 1 aliphatic heterocycles. The summed E-state index contributed by atoms with van der Waals surface area (Å²) in [6, 6.07) is 15.3. The molecular weight excluding hydrogens is 316 g/mol. The van der Waals surface area contributed by atoms with Gasteiger partial charge in [0.1, 0.15) is 5.75 Å². The van der Waals surface area contributed by atoms with Crippen molar-refractivity contribution in [3.05, 3.63) is 59.7 Å². The van der Waals surface area contributed by atoms with Gasteiger partial charge in [0, 0.05) is 25.2 Å². The summed E-state index contributed by atoms with van der Waals surface area (Å²) in [5.41, 5.74) is 2.95. The molecule has 1 fully saturated rings. The van der Waals surface area contributed by atoms with Crippen LogP contribution in [0.4, 0.5) is 5.69 Å². The molecule has 0 bridgehead atoms. The molecule has 0 aliphatic carbocycles. The molecule has 0 spiro atoms. The van der Waals surface area contributed by atoms with Crippen LogP contribution in [0.15, 0.2) is 48.5 Å². The van der Waals surface area contributed by atoms with Crippen molar-refractivity contribution < 1.29 is 14.3 Å². The molecule has 1 atom stereocenters. The topological polar surface area (TPSA) is 58.6 Å². The summed E-state index contributed by atoms with van der Waals surface area (Å²) in [5, 5.41) is 2.92. The van der Waals surface area contributed by atoms with Gasteiger partial charge in [-0.3, -0.25) is 9.59 Å².